The molecule has 0 spiro atoms. The molecule has 0 heterocycles. The zero-order chi connectivity index (χ0) is 37.0. The minimum absolute atomic E-state index is 0.0578. The summed E-state index contributed by atoms with van der Waals surface area (Å²) >= 11 is 3.49. The molecule has 0 aliphatic carbocycles. The summed E-state index contributed by atoms with van der Waals surface area (Å²) in [6, 6.07) is 46.1. The van der Waals surface area contributed by atoms with Crippen LogP contribution >= 0.6 is 23.5 Å². The topological polar surface area (TPSA) is 98.9 Å². The first-order valence-corrected chi connectivity index (χ1v) is 21.3. The molecule has 10 heteroatoms. The van der Waals surface area contributed by atoms with Crippen LogP contribution in [0, 0.1) is 10.1 Å². The van der Waals surface area contributed by atoms with E-state index in [1.54, 1.807) is 23.5 Å². The van der Waals surface area contributed by atoms with Gasteiger partial charge in [-0.2, -0.15) is 0 Å². The predicted octanol–water partition coefficient (Wildman–Crippen LogP) is 8.64. The first-order valence-electron chi connectivity index (χ1n) is 17.3. The second-order valence-corrected chi connectivity index (χ2v) is 20.5. The normalized spacial score (nSPS) is 13.0. The standard InChI is InChI=1S/C42H45NO6S2Si/c1-42(2,3)52(36-20-12-6-13-21-36,37-22-14-7-15-23-37)48-29-38(44)39(49-41(45)34-24-26-35(27-25-34)43(46)47)28-40(50-30-32-16-8-4-9-17-32)51-31-33-18-10-5-11-19-33/h4-27,38-40,44H,28-31H2,1-3H3/t38-,39-/m0/s1. The molecular formula is C42H45NO6S2Si. The number of rotatable bonds is 17. The molecule has 0 amide bonds. The number of non-ortho nitro benzene ring substituents is 1. The highest BCUT2D eigenvalue weighted by atomic mass is 32.2. The maximum Gasteiger partial charge on any atom is 0.338 e. The zero-order valence-corrected chi connectivity index (χ0v) is 32.3. The first-order chi connectivity index (χ1) is 25.1. The highest BCUT2D eigenvalue weighted by Crippen LogP contribution is 2.38. The largest absolute Gasteiger partial charge is 0.456 e. The number of nitrogens with zero attached hydrogens (tertiary/aromatic N) is 1. The van der Waals surface area contributed by atoms with Crippen molar-refractivity contribution in [1.82, 2.24) is 0 Å². The molecule has 7 nitrogen and oxygen atoms in total. The number of benzene rings is 5. The van der Waals surface area contributed by atoms with Gasteiger partial charge in [0.2, 0.25) is 0 Å². The number of hydrogen-bond acceptors (Lipinski definition) is 8. The second-order valence-electron chi connectivity index (χ2n) is 13.5. The molecule has 5 rings (SSSR count). The summed E-state index contributed by atoms with van der Waals surface area (Å²) < 4.78 is 13.2. The molecule has 0 fully saturated rings. The summed E-state index contributed by atoms with van der Waals surface area (Å²) in [6.45, 7) is 6.46. The van der Waals surface area contributed by atoms with Crippen molar-refractivity contribution >= 4 is 53.9 Å². The lowest BCUT2D eigenvalue weighted by Crippen LogP contribution is -2.67. The van der Waals surface area contributed by atoms with Gasteiger partial charge in [0.1, 0.15) is 12.2 Å². The van der Waals surface area contributed by atoms with E-state index in [0.29, 0.717) is 6.42 Å². The maximum absolute atomic E-state index is 13.6. The molecule has 1 N–H and O–H groups in total. The van der Waals surface area contributed by atoms with E-state index in [0.717, 1.165) is 21.9 Å². The van der Waals surface area contributed by atoms with Crippen molar-refractivity contribution in [2.45, 2.75) is 60.5 Å². The summed E-state index contributed by atoms with van der Waals surface area (Å²) in [6.07, 6.45) is -1.75. The number of ether oxygens (including phenoxy) is 1. The Balaban J connectivity index is 1.46. The van der Waals surface area contributed by atoms with Crippen LogP contribution in [-0.2, 0) is 20.7 Å². The van der Waals surface area contributed by atoms with Crippen molar-refractivity contribution in [2.24, 2.45) is 0 Å². The summed E-state index contributed by atoms with van der Waals surface area (Å²) in [5.41, 5.74) is 2.39. The van der Waals surface area contributed by atoms with Crippen molar-refractivity contribution in [3.05, 3.63) is 172 Å². The number of aliphatic hydroxyl groups excluding tert-OH is 1. The molecule has 5 aromatic rings. The summed E-state index contributed by atoms with van der Waals surface area (Å²) in [4.78, 5) is 24.4. The molecule has 0 saturated heterocycles. The third kappa shape index (κ3) is 10.2. The Bertz CT molecular complexity index is 1760. The monoisotopic (exact) mass is 751 g/mol. The van der Waals surface area contributed by atoms with Crippen LogP contribution in [-0.4, -0.2) is 47.7 Å². The van der Waals surface area contributed by atoms with Gasteiger partial charge in [0.25, 0.3) is 14.0 Å². The molecule has 0 aliphatic heterocycles. The summed E-state index contributed by atoms with van der Waals surface area (Å²) in [5.74, 6) is 0.819. The molecule has 52 heavy (non-hydrogen) atoms. The quantitative estimate of drug-likeness (QED) is 0.0332. The highest BCUT2D eigenvalue weighted by molar-refractivity contribution is 8.16. The molecule has 2 atom stereocenters. The number of carbonyl (C=O) groups excluding carboxylic acids is 1. The lowest BCUT2D eigenvalue weighted by atomic mass is 10.1. The van der Waals surface area contributed by atoms with Crippen molar-refractivity contribution in [3.8, 4) is 0 Å². The zero-order valence-electron chi connectivity index (χ0n) is 29.7. The van der Waals surface area contributed by atoms with E-state index in [9.17, 15) is 20.0 Å². The van der Waals surface area contributed by atoms with Gasteiger partial charge in [0.05, 0.1) is 21.7 Å². The van der Waals surface area contributed by atoms with Crippen LogP contribution in [0.1, 0.15) is 48.7 Å². The van der Waals surface area contributed by atoms with Crippen LogP contribution in [0.3, 0.4) is 0 Å². The van der Waals surface area contributed by atoms with Gasteiger partial charge < -0.3 is 14.3 Å². The van der Waals surface area contributed by atoms with E-state index in [-0.39, 0.29) is 27.5 Å². The first kappa shape index (κ1) is 39.0. The van der Waals surface area contributed by atoms with Crippen LogP contribution in [0.5, 0.6) is 0 Å². The lowest BCUT2D eigenvalue weighted by Gasteiger charge is -2.43. The number of nitro groups is 1. The fourth-order valence-corrected chi connectivity index (χ4v) is 13.4. The number of aliphatic hydroxyl groups is 1. The summed E-state index contributed by atoms with van der Waals surface area (Å²) in [5, 5.41) is 25.2. The van der Waals surface area contributed by atoms with Crippen molar-refractivity contribution in [3.63, 3.8) is 0 Å². The van der Waals surface area contributed by atoms with Crippen LogP contribution in [0.4, 0.5) is 5.69 Å². The Morgan fingerprint density at radius 1 is 0.731 bits per heavy atom. The Morgan fingerprint density at radius 3 is 1.60 bits per heavy atom. The Labute approximate surface area is 316 Å². The van der Waals surface area contributed by atoms with Crippen LogP contribution in [0.25, 0.3) is 0 Å². The molecule has 0 radical (unpaired) electrons. The van der Waals surface area contributed by atoms with Gasteiger partial charge in [0.15, 0.2) is 0 Å². The molecule has 270 valence electrons. The van der Waals surface area contributed by atoms with Gasteiger partial charge in [-0.3, -0.25) is 10.1 Å². The number of hydrogen-bond donors (Lipinski definition) is 1. The van der Waals surface area contributed by atoms with Crippen LogP contribution in [0.15, 0.2) is 146 Å². The fraction of sp³-hybridized carbons (Fsp3) is 0.262. The molecule has 5 aromatic carbocycles. The van der Waals surface area contributed by atoms with Crippen molar-refractivity contribution in [2.75, 3.05) is 6.61 Å². The molecule has 0 saturated carbocycles. The van der Waals surface area contributed by atoms with E-state index in [2.05, 4.69) is 69.3 Å². The van der Waals surface area contributed by atoms with Gasteiger partial charge in [-0.25, -0.2) is 4.79 Å². The lowest BCUT2D eigenvalue weighted by molar-refractivity contribution is -0.384. The number of thioether (sulfide) groups is 2. The van der Waals surface area contributed by atoms with E-state index in [1.807, 2.05) is 72.8 Å². The Morgan fingerprint density at radius 2 is 1.17 bits per heavy atom. The van der Waals surface area contributed by atoms with Crippen molar-refractivity contribution in [1.29, 1.82) is 0 Å². The molecular weight excluding hydrogens is 707 g/mol. The van der Waals surface area contributed by atoms with E-state index in [1.165, 1.54) is 35.4 Å². The van der Waals surface area contributed by atoms with Crippen LogP contribution in [0.2, 0.25) is 5.04 Å². The molecule has 0 aromatic heterocycles. The summed E-state index contributed by atoms with van der Waals surface area (Å²) in [7, 11) is -3.01. The van der Waals surface area contributed by atoms with E-state index >= 15 is 0 Å². The average molecular weight is 752 g/mol. The molecule has 0 aliphatic rings. The third-order valence-electron chi connectivity index (χ3n) is 8.87. The Hall–Kier alpha value is -4.19. The predicted molar refractivity (Wildman–Crippen MR) is 216 cm³/mol. The number of carbonyl (C=O) groups is 1. The smallest absolute Gasteiger partial charge is 0.338 e. The fourth-order valence-electron chi connectivity index (χ4n) is 6.19. The van der Waals surface area contributed by atoms with Crippen molar-refractivity contribution < 1.29 is 24.0 Å². The minimum atomic E-state index is -3.01. The third-order valence-corrected chi connectivity index (χ3v) is 16.8. The highest BCUT2D eigenvalue weighted by Gasteiger charge is 2.50. The van der Waals surface area contributed by atoms with E-state index in [4.69, 9.17) is 9.16 Å². The van der Waals surface area contributed by atoms with Gasteiger partial charge in [-0.1, -0.05) is 142 Å². The SMILES string of the molecule is CC(C)(C)[Si](OC[C@H](O)[C@H](CC(SCc1ccccc1)SCc1ccccc1)OC(=O)c1ccc([N+](=O)[O-])cc1)(c1ccccc1)c1ccccc1. The number of esters is 1. The van der Waals surface area contributed by atoms with Gasteiger partial charge in [-0.15, -0.1) is 23.5 Å². The molecule has 0 unspecified atom stereocenters. The maximum atomic E-state index is 13.6. The van der Waals surface area contributed by atoms with Gasteiger partial charge >= 0.3 is 5.97 Å². The second kappa shape index (κ2) is 18.5. The average Bonchev–Trinajstić information content (AvgIpc) is 3.16. The molecule has 0 bridgehead atoms. The number of nitro benzene ring substituents is 1. The minimum Gasteiger partial charge on any atom is -0.456 e. The van der Waals surface area contributed by atoms with E-state index < -0.39 is 31.4 Å². The Kier molecular flexibility index (Phi) is 13.9. The van der Waals surface area contributed by atoms with Gasteiger partial charge in [-0.05, 0) is 38.7 Å². The van der Waals surface area contributed by atoms with Crippen LogP contribution < -0.4 is 10.4 Å². The van der Waals surface area contributed by atoms with Gasteiger partial charge in [0, 0.05) is 30.1 Å².